The molecule has 0 aliphatic carbocycles. The summed E-state index contributed by atoms with van der Waals surface area (Å²) in [7, 11) is 4.02. The smallest absolute Gasteiger partial charge is 0.308 e. The Labute approximate surface area is 122 Å². The van der Waals surface area contributed by atoms with Crippen LogP contribution in [-0.2, 0) is 17.6 Å². The fourth-order valence-electron chi connectivity index (χ4n) is 1.98. The summed E-state index contributed by atoms with van der Waals surface area (Å²) in [5.74, 6) is -0.807. The van der Waals surface area contributed by atoms with Crippen molar-refractivity contribution < 1.29 is 9.90 Å². The van der Waals surface area contributed by atoms with E-state index in [-0.39, 0.29) is 6.42 Å². The van der Waals surface area contributed by atoms with E-state index >= 15 is 0 Å². The van der Waals surface area contributed by atoms with E-state index in [1.54, 1.807) is 0 Å². The number of thiazole rings is 1. The maximum atomic E-state index is 10.8. The predicted molar refractivity (Wildman–Crippen MR) is 81.8 cm³/mol. The molecule has 20 heavy (non-hydrogen) atoms. The van der Waals surface area contributed by atoms with Gasteiger partial charge in [-0.1, -0.05) is 12.1 Å². The molecule has 0 radical (unpaired) electrons. The van der Waals surface area contributed by atoms with Crippen molar-refractivity contribution in [2.24, 2.45) is 0 Å². The molecule has 4 nitrogen and oxygen atoms in total. The van der Waals surface area contributed by atoms with Crippen molar-refractivity contribution in [1.29, 1.82) is 0 Å². The summed E-state index contributed by atoms with van der Waals surface area (Å²) in [4.78, 5) is 18.2. The molecular formula is C15H18N2O2S. The number of hydrogen-bond acceptors (Lipinski definition) is 4. The van der Waals surface area contributed by atoms with Crippen molar-refractivity contribution in [3.05, 3.63) is 45.4 Å². The van der Waals surface area contributed by atoms with E-state index < -0.39 is 5.97 Å². The molecule has 1 aromatic carbocycles. The van der Waals surface area contributed by atoms with Crippen LogP contribution in [0.5, 0.6) is 0 Å². The number of carboxylic acid groups (broad SMARTS) is 1. The Morgan fingerprint density at radius 1 is 1.40 bits per heavy atom. The summed E-state index contributed by atoms with van der Waals surface area (Å²) in [6.07, 6.45) is 0.800. The summed E-state index contributed by atoms with van der Waals surface area (Å²) in [6, 6.07) is 8.30. The standard InChI is InChI=1S/C15H18N2O2S/c1-10-13(9-15(18)19)20-14(16-10)8-11-5-4-6-12(7-11)17(2)3/h4-7H,8-9H2,1-3H3,(H,18,19). The zero-order valence-corrected chi connectivity index (χ0v) is 12.7. The van der Waals surface area contributed by atoms with Gasteiger partial charge in [0.05, 0.1) is 17.1 Å². The predicted octanol–water partition coefficient (Wildman–Crippen LogP) is 2.74. The van der Waals surface area contributed by atoms with Gasteiger partial charge in [0.25, 0.3) is 0 Å². The van der Waals surface area contributed by atoms with Gasteiger partial charge in [0, 0.05) is 31.1 Å². The third-order valence-corrected chi connectivity index (χ3v) is 4.19. The molecular weight excluding hydrogens is 272 g/mol. The number of hydrogen-bond donors (Lipinski definition) is 1. The van der Waals surface area contributed by atoms with Crippen LogP contribution in [0.15, 0.2) is 24.3 Å². The molecule has 0 aliphatic rings. The van der Waals surface area contributed by atoms with Gasteiger partial charge in [-0.25, -0.2) is 4.98 Å². The summed E-state index contributed by atoms with van der Waals surface area (Å²) in [6.45, 7) is 1.87. The lowest BCUT2D eigenvalue weighted by molar-refractivity contribution is -0.136. The quantitative estimate of drug-likeness (QED) is 0.920. The third kappa shape index (κ3) is 3.57. The number of carbonyl (C=O) groups is 1. The molecule has 5 heteroatoms. The number of aryl methyl sites for hydroxylation is 1. The number of nitrogens with zero attached hydrogens (tertiary/aromatic N) is 2. The maximum absolute atomic E-state index is 10.8. The van der Waals surface area contributed by atoms with Gasteiger partial charge in [-0.05, 0) is 24.6 Å². The highest BCUT2D eigenvalue weighted by Gasteiger charge is 2.11. The van der Waals surface area contributed by atoms with Crippen molar-refractivity contribution in [2.75, 3.05) is 19.0 Å². The van der Waals surface area contributed by atoms with E-state index in [9.17, 15) is 4.79 Å². The Kier molecular flexibility index (Phi) is 4.39. The molecule has 0 atom stereocenters. The lowest BCUT2D eigenvalue weighted by Crippen LogP contribution is -2.08. The first kappa shape index (κ1) is 14.5. The summed E-state index contributed by atoms with van der Waals surface area (Å²) < 4.78 is 0. The molecule has 0 fully saturated rings. The Balaban J connectivity index is 2.18. The Morgan fingerprint density at radius 3 is 2.80 bits per heavy atom. The van der Waals surface area contributed by atoms with Crippen molar-refractivity contribution in [1.82, 2.24) is 4.98 Å². The zero-order chi connectivity index (χ0) is 14.7. The first-order valence-electron chi connectivity index (χ1n) is 6.39. The Hall–Kier alpha value is -1.88. The minimum atomic E-state index is -0.807. The number of benzene rings is 1. The van der Waals surface area contributed by atoms with Gasteiger partial charge in [0.2, 0.25) is 0 Å². The molecule has 1 N–H and O–H groups in total. The molecule has 2 rings (SSSR count). The van der Waals surface area contributed by atoms with Crippen LogP contribution in [0, 0.1) is 6.92 Å². The Bertz CT molecular complexity index is 620. The molecule has 0 saturated heterocycles. The molecule has 1 heterocycles. The normalized spacial score (nSPS) is 10.6. The lowest BCUT2D eigenvalue weighted by atomic mass is 10.1. The average Bonchev–Trinajstić information content (AvgIpc) is 2.69. The van der Waals surface area contributed by atoms with Crippen LogP contribution >= 0.6 is 11.3 Å². The van der Waals surface area contributed by atoms with Crippen LogP contribution < -0.4 is 4.90 Å². The van der Waals surface area contributed by atoms with Gasteiger partial charge in [0.1, 0.15) is 0 Å². The average molecular weight is 290 g/mol. The second-order valence-electron chi connectivity index (χ2n) is 4.93. The second-order valence-corrected chi connectivity index (χ2v) is 6.10. The maximum Gasteiger partial charge on any atom is 0.308 e. The largest absolute Gasteiger partial charge is 0.481 e. The van der Waals surface area contributed by atoms with Gasteiger partial charge in [-0.3, -0.25) is 4.79 Å². The van der Waals surface area contributed by atoms with Crippen LogP contribution in [0.3, 0.4) is 0 Å². The highest BCUT2D eigenvalue weighted by Crippen LogP contribution is 2.23. The molecule has 0 bridgehead atoms. The lowest BCUT2D eigenvalue weighted by Gasteiger charge is -2.13. The molecule has 0 saturated carbocycles. The van der Waals surface area contributed by atoms with Gasteiger partial charge in [-0.15, -0.1) is 11.3 Å². The van der Waals surface area contributed by atoms with Crippen molar-refractivity contribution in [3.8, 4) is 0 Å². The van der Waals surface area contributed by atoms with E-state index in [2.05, 4.69) is 28.1 Å². The summed E-state index contributed by atoms with van der Waals surface area (Å²) >= 11 is 1.49. The highest BCUT2D eigenvalue weighted by atomic mass is 32.1. The van der Waals surface area contributed by atoms with E-state index in [0.717, 1.165) is 27.7 Å². The monoisotopic (exact) mass is 290 g/mol. The highest BCUT2D eigenvalue weighted by molar-refractivity contribution is 7.11. The fourth-order valence-corrected chi connectivity index (χ4v) is 3.08. The van der Waals surface area contributed by atoms with Gasteiger partial charge in [0.15, 0.2) is 0 Å². The van der Waals surface area contributed by atoms with Crippen LogP contribution in [0.25, 0.3) is 0 Å². The Morgan fingerprint density at radius 2 is 2.15 bits per heavy atom. The summed E-state index contributed by atoms with van der Waals surface area (Å²) in [5, 5.41) is 9.83. The molecule has 0 unspecified atom stereocenters. The molecule has 0 spiro atoms. The van der Waals surface area contributed by atoms with Crippen molar-refractivity contribution in [2.45, 2.75) is 19.8 Å². The zero-order valence-electron chi connectivity index (χ0n) is 11.9. The van der Waals surface area contributed by atoms with Crippen LogP contribution in [-0.4, -0.2) is 30.2 Å². The number of rotatable bonds is 5. The fraction of sp³-hybridized carbons (Fsp3) is 0.333. The van der Waals surface area contributed by atoms with Crippen LogP contribution in [0.1, 0.15) is 21.1 Å². The van der Waals surface area contributed by atoms with Gasteiger partial charge in [-0.2, -0.15) is 0 Å². The molecule has 0 aliphatic heterocycles. The van der Waals surface area contributed by atoms with Gasteiger partial charge < -0.3 is 10.0 Å². The SMILES string of the molecule is Cc1nc(Cc2cccc(N(C)C)c2)sc1CC(=O)O. The molecule has 0 amide bonds. The molecule has 2 aromatic rings. The number of anilines is 1. The third-order valence-electron chi connectivity index (χ3n) is 3.03. The van der Waals surface area contributed by atoms with Crippen LogP contribution in [0.2, 0.25) is 0 Å². The van der Waals surface area contributed by atoms with Crippen molar-refractivity contribution >= 4 is 23.0 Å². The van der Waals surface area contributed by atoms with E-state index in [1.165, 1.54) is 16.9 Å². The van der Waals surface area contributed by atoms with Crippen LogP contribution in [0.4, 0.5) is 5.69 Å². The molecule has 1 aromatic heterocycles. The minimum absolute atomic E-state index is 0.0568. The first-order valence-corrected chi connectivity index (χ1v) is 7.20. The first-order chi connectivity index (χ1) is 9.45. The second kappa shape index (κ2) is 6.05. The molecule has 106 valence electrons. The number of carboxylic acids is 1. The number of aliphatic carboxylic acids is 1. The van der Waals surface area contributed by atoms with E-state index in [4.69, 9.17) is 5.11 Å². The van der Waals surface area contributed by atoms with E-state index in [1.807, 2.05) is 27.1 Å². The van der Waals surface area contributed by atoms with Crippen molar-refractivity contribution in [3.63, 3.8) is 0 Å². The minimum Gasteiger partial charge on any atom is -0.481 e. The number of aromatic nitrogens is 1. The van der Waals surface area contributed by atoms with Gasteiger partial charge >= 0.3 is 5.97 Å². The van der Waals surface area contributed by atoms with E-state index in [0.29, 0.717) is 0 Å². The summed E-state index contributed by atoms with van der Waals surface area (Å²) in [5.41, 5.74) is 3.17. The topological polar surface area (TPSA) is 53.4 Å².